The molecule has 1 N–H and O–H groups in total. The molecule has 0 atom stereocenters. The van der Waals surface area contributed by atoms with E-state index in [4.69, 9.17) is 11.6 Å². The van der Waals surface area contributed by atoms with Gasteiger partial charge in [0.15, 0.2) is 0 Å². The number of nitrogens with zero attached hydrogens (tertiary/aromatic N) is 4. The van der Waals surface area contributed by atoms with Crippen molar-refractivity contribution in [2.24, 2.45) is 0 Å². The van der Waals surface area contributed by atoms with Crippen molar-refractivity contribution in [3.05, 3.63) is 93.8 Å². The molecule has 198 valence electrons. The number of likely N-dealkylation sites (N-methyl/N-ethyl adjacent to an activating group) is 1. The maximum absolute atomic E-state index is 14.5. The Morgan fingerprint density at radius 3 is 2.53 bits per heavy atom. The van der Waals surface area contributed by atoms with Gasteiger partial charge < -0.3 is 20.0 Å². The fourth-order valence-electron chi connectivity index (χ4n) is 4.93. The Balaban J connectivity index is 1.32. The van der Waals surface area contributed by atoms with Crippen LogP contribution in [0.3, 0.4) is 0 Å². The van der Waals surface area contributed by atoms with Gasteiger partial charge in [0.2, 0.25) is 0 Å². The van der Waals surface area contributed by atoms with Gasteiger partial charge in [-0.1, -0.05) is 35.9 Å². The summed E-state index contributed by atoms with van der Waals surface area (Å²) in [5.74, 6) is -0.721. The first-order valence-corrected chi connectivity index (χ1v) is 13.1. The molecule has 3 aromatic rings. The molecule has 2 heterocycles. The zero-order valence-corrected chi connectivity index (χ0v) is 22.3. The van der Waals surface area contributed by atoms with Crippen LogP contribution in [0.4, 0.5) is 20.6 Å². The molecular weight excluding hydrogens is 505 g/mol. The number of halogens is 2. The van der Waals surface area contributed by atoms with Gasteiger partial charge in [-0.15, -0.1) is 0 Å². The lowest BCUT2D eigenvalue weighted by molar-refractivity contribution is 0.0950. The van der Waals surface area contributed by atoms with Crippen LogP contribution in [0.25, 0.3) is 0 Å². The fraction of sp³-hybridized carbons (Fsp3) is 0.310. The molecule has 3 aromatic carbocycles. The summed E-state index contributed by atoms with van der Waals surface area (Å²) in [6, 6.07) is 17.7. The summed E-state index contributed by atoms with van der Waals surface area (Å²) in [5, 5.41) is 3.25. The monoisotopic (exact) mass is 535 g/mol. The smallest absolute Gasteiger partial charge is 0.324 e. The topological polar surface area (TPSA) is 59.1 Å². The van der Waals surface area contributed by atoms with Crippen LogP contribution in [0, 0.1) is 5.82 Å². The molecule has 38 heavy (non-hydrogen) atoms. The standard InChI is InChI=1S/C29H31ClFN5O2/c1-33-11-13-35(14-12-33)23-6-3-5-20(15-23)17-32-28(37)21-9-10-22-18-34(2)29(38)36(27(22)16-21)19-24-25(30)7-4-8-26(24)31/h3-10,15-16H,11-14,17-19H2,1-2H3,(H,32,37). The van der Waals surface area contributed by atoms with Gasteiger partial charge in [0.25, 0.3) is 5.91 Å². The average molecular weight is 536 g/mol. The van der Waals surface area contributed by atoms with Gasteiger partial charge in [0.05, 0.1) is 12.2 Å². The molecule has 0 saturated carbocycles. The van der Waals surface area contributed by atoms with E-state index in [1.54, 1.807) is 30.1 Å². The highest BCUT2D eigenvalue weighted by Gasteiger charge is 2.30. The van der Waals surface area contributed by atoms with Crippen LogP contribution in [-0.2, 0) is 19.6 Å². The fourth-order valence-corrected chi connectivity index (χ4v) is 5.15. The van der Waals surface area contributed by atoms with E-state index in [1.165, 1.54) is 17.0 Å². The van der Waals surface area contributed by atoms with Gasteiger partial charge in [0, 0.05) is 68.2 Å². The van der Waals surface area contributed by atoms with Crippen molar-refractivity contribution < 1.29 is 14.0 Å². The van der Waals surface area contributed by atoms with Crippen molar-refractivity contribution in [2.75, 3.05) is 50.1 Å². The van der Waals surface area contributed by atoms with Crippen LogP contribution in [0.5, 0.6) is 0 Å². The molecule has 2 aliphatic heterocycles. The van der Waals surface area contributed by atoms with E-state index in [-0.39, 0.29) is 29.1 Å². The summed E-state index contributed by atoms with van der Waals surface area (Å²) in [6.07, 6.45) is 0. The second kappa shape index (κ2) is 11.0. The van der Waals surface area contributed by atoms with Crippen molar-refractivity contribution in [1.82, 2.24) is 15.1 Å². The number of hydrogen-bond donors (Lipinski definition) is 1. The molecule has 0 spiro atoms. The van der Waals surface area contributed by atoms with E-state index < -0.39 is 5.82 Å². The largest absolute Gasteiger partial charge is 0.369 e. The van der Waals surface area contributed by atoms with Crippen LogP contribution in [0.1, 0.15) is 27.0 Å². The quantitative estimate of drug-likeness (QED) is 0.496. The van der Waals surface area contributed by atoms with Gasteiger partial charge >= 0.3 is 6.03 Å². The molecule has 3 amide bonds. The molecule has 1 saturated heterocycles. The minimum atomic E-state index is -0.479. The number of carbonyl (C=O) groups excluding carboxylic acids is 2. The Morgan fingerprint density at radius 1 is 1.00 bits per heavy atom. The van der Waals surface area contributed by atoms with E-state index >= 15 is 0 Å². The molecule has 1 fully saturated rings. The summed E-state index contributed by atoms with van der Waals surface area (Å²) < 4.78 is 14.5. The summed E-state index contributed by atoms with van der Waals surface area (Å²) in [4.78, 5) is 33.9. The van der Waals surface area contributed by atoms with Gasteiger partial charge in [-0.25, -0.2) is 9.18 Å². The number of nitrogens with one attached hydrogen (secondary N) is 1. The zero-order chi connectivity index (χ0) is 26.8. The number of rotatable bonds is 6. The van der Waals surface area contributed by atoms with E-state index in [2.05, 4.69) is 34.3 Å². The average Bonchev–Trinajstić information content (AvgIpc) is 2.92. The molecule has 2 aliphatic rings. The second-order valence-electron chi connectivity index (χ2n) is 9.91. The maximum atomic E-state index is 14.5. The second-order valence-corrected chi connectivity index (χ2v) is 10.3. The van der Waals surface area contributed by atoms with E-state index in [0.717, 1.165) is 43.0 Å². The molecule has 0 radical (unpaired) electrons. The van der Waals surface area contributed by atoms with Crippen LogP contribution in [0.15, 0.2) is 60.7 Å². The highest BCUT2D eigenvalue weighted by Crippen LogP contribution is 2.32. The van der Waals surface area contributed by atoms with Gasteiger partial charge in [-0.05, 0) is 54.6 Å². The van der Waals surface area contributed by atoms with Crippen LogP contribution >= 0.6 is 11.6 Å². The molecule has 0 aromatic heterocycles. The minimum absolute atomic E-state index is 0.0359. The van der Waals surface area contributed by atoms with Gasteiger partial charge in [-0.3, -0.25) is 9.69 Å². The van der Waals surface area contributed by atoms with Crippen molar-refractivity contribution in [3.63, 3.8) is 0 Å². The first-order chi connectivity index (χ1) is 18.3. The van der Waals surface area contributed by atoms with Crippen molar-refractivity contribution in [3.8, 4) is 0 Å². The Hall–Kier alpha value is -3.62. The lowest BCUT2D eigenvalue weighted by Gasteiger charge is -2.35. The van der Waals surface area contributed by atoms with Crippen molar-refractivity contribution >= 4 is 34.9 Å². The molecule has 9 heteroatoms. The summed E-state index contributed by atoms with van der Waals surface area (Å²) in [7, 11) is 3.82. The highest BCUT2D eigenvalue weighted by atomic mass is 35.5. The number of fused-ring (bicyclic) bond motifs is 1. The Labute approximate surface area is 227 Å². The number of benzene rings is 3. The SMILES string of the molecule is CN1CCN(c2cccc(CNC(=O)c3ccc4c(c3)N(Cc3c(F)cccc3Cl)C(=O)N(C)C4)c2)CC1. The lowest BCUT2D eigenvalue weighted by Crippen LogP contribution is -2.45. The van der Waals surface area contributed by atoms with Gasteiger partial charge in [0.1, 0.15) is 5.82 Å². The maximum Gasteiger partial charge on any atom is 0.324 e. The van der Waals surface area contributed by atoms with E-state index in [0.29, 0.717) is 24.3 Å². The summed E-state index contributed by atoms with van der Waals surface area (Å²) in [5.41, 5.74) is 4.29. The predicted octanol–water partition coefficient (Wildman–Crippen LogP) is 4.73. The van der Waals surface area contributed by atoms with Crippen LogP contribution in [0.2, 0.25) is 5.02 Å². The molecule has 0 aliphatic carbocycles. The summed E-state index contributed by atoms with van der Waals surface area (Å²) >= 11 is 6.25. The molecule has 5 rings (SSSR count). The zero-order valence-electron chi connectivity index (χ0n) is 21.6. The van der Waals surface area contributed by atoms with Crippen LogP contribution < -0.4 is 15.1 Å². The van der Waals surface area contributed by atoms with Crippen molar-refractivity contribution in [1.29, 1.82) is 0 Å². The number of anilines is 2. The molecule has 7 nitrogen and oxygen atoms in total. The number of piperazine rings is 1. The number of amides is 3. The number of hydrogen-bond acceptors (Lipinski definition) is 4. The first-order valence-electron chi connectivity index (χ1n) is 12.7. The van der Waals surface area contributed by atoms with E-state index in [1.807, 2.05) is 18.2 Å². The number of urea groups is 1. The first kappa shape index (κ1) is 26.0. The Bertz CT molecular complexity index is 1340. The van der Waals surface area contributed by atoms with Gasteiger partial charge in [-0.2, -0.15) is 0 Å². The Kier molecular flexibility index (Phi) is 7.53. The lowest BCUT2D eigenvalue weighted by atomic mass is 10.0. The van der Waals surface area contributed by atoms with E-state index in [9.17, 15) is 14.0 Å². The summed E-state index contributed by atoms with van der Waals surface area (Å²) in [6.45, 7) is 4.75. The Morgan fingerprint density at radius 2 is 1.76 bits per heavy atom. The molecule has 0 unspecified atom stereocenters. The number of carbonyl (C=O) groups is 2. The predicted molar refractivity (Wildman–Crippen MR) is 148 cm³/mol. The highest BCUT2D eigenvalue weighted by molar-refractivity contribution is 6.31. The molecular formula is C29H31ClFN5O2. The van der Waals surface area contributed by atoms with Crippen LogP contribution in [-0.4, -0.2) is 62.0 Å². The minimum Gasteiger partial charge on any atom is -0.369 e. The normalized spacial score (nSPS) is 16.0. The molecule has 0 bridgehead atoms. The third-order valence-corrected chi connectivity index (χ3v) is 7.57. The third kappa shape index (κ3) is 5.47. The third-order valence-electron chi connectivity index (χ3n) is 7.21. The van der Waals surface area contributed by atoms with Crippen molar-refractivity contribution in [2.45, 2.75) is 19.6 Å².